The molecule has 0 aromatic heterocycles. The minimum absolute atomic E-state index is 0.0187. The lowest BCUT2D eigenvalue weighted by Gasteiger charge is -2.31. The molecule has 7 nitrogen and oxygen atoms in total. The molecule has 0 saturated carbocycles. The molecule has 2 aromatic carbocycles. The van der Waals surface area contributed by atoms with Crippen LogP contribution in [0.5, 0.6) is 17.2 Å². The van der Waals surface area contributed by atoms with E-state index in [1.54, 1.807) is 30.3 Å². The maximum atomic E-state index is 13.4. The van der Waals surface area contributed by atoms with Gasteiger partial charge in [-0.3, -0.25) is 9.59 Å². The molecule has 0 heterocycles. The first kappa shape index (κ1) is 26.0. The zero-order valence-electron chi connectivity index (χ0n) is 19.9. The van der Waals surface area contributed by atoms with Gasteiger partial charge in [0.25, 0.3) is 5.91 Å². The molecule has 0 unspecified atom stereocenters. The molecule has 2 amide bonds. The van der Waals surface area contributed by atoms with Gasteiger partial charge in [-0.15, -0.1) is 0 Å². The average Bonchev–Trinajstić information content (AvgIpc) is 2.83. The Labute approximate surface area is 194 Å². The topological polar surface area (TPSA) is 77.1 Å². The van der Waals surface area contributed by atoms with Gasteiger partial charge in [0.15, 0.2) is 6.61 Å². The van der Waals surface area contributed by atoms with Gasteiger partial charge in [-0.25, -0.2) is 4.39 Å². The van der Waals surface area contributed by atoms with Gasteiger partial charge >= 0.3 is 0 Å². The second-order valence-corrected chi connectivity index (χ2v) is 7.73. The third-order valence-corrected chi connectivity index (χ3v) is 5.34. The highest BCUT2D eigenvalue weighted by molar-refractivity contribution is 5.88. The lowest BCUT2D eigenvalue weighted by atomic mass is 10.1. The monoisotopic (exact) mass is 460 g/mol. The Kier molecular flexibility index (Phi) is 9.97. The van der Waals surface area contributed by atoms with Gasteiger partial charge in [-0.05, 0) is 37.5 Å². The van der Waals surface area contributed by atoms with Gasteiger partial charge in [0.05, 0.1) is 14.2 Å². The summed E-state index contributed by atoms with van der Waals surface area (Å²) in [6.07, 6.45) is 1.19. The van der Waals surface area contributed by atoms with E-state index in [2.05, 4.69) is 5.32 Å². The highest BCUT2D eigenvalue weighted by Gasteiger charge is 2.29. The molecule has 33 heavy (non-hydrogen) atoms. The lowest BCUT2D eigenvalue weighted by molar-refractivity contribution is -0.143. The summed E-state index contributed by atoms with van der Waals surface area (Å²) >= 11 is 0. The quantitative estimate of drug-likeness (QED) is 0.519. The van der Waals surface area contributed by atoms with Crippen LogP contribution in [0.1, 0.15) is 39.2 Å². The Balaban J connectivity index is 2.24. The number of carbonyl (C=O) groups is 2. The minimum atomic E-state index is -0.694. The largest absolute Gasteiger partial charge is 0.496 e. The van der Waals surface area contributed by atoms with Crippen molar-refractivity contribution in [2.24, 2.45) is 0 Å². The van der Waals surface area contributed by atoms with E-state index in [0.717, 1.165) is 6.42 Å². The number of nitrogens with zero attached hydrogens (tertiary/aromatic N) is 1. The molecule has 2 atom stereocenters. The summed E-state index contributed by atoms with van der Waals surface area (Å²) in [5.74, 6) is 0.489. The van der Waals surface area contributed by atoms with Gasteiger partial charge in [-0.2, -0.15) is 0 Å². The first-order valence-electron chi connectivity index (χ1n) is 11.0. The molecule has 0 radical (unpaired) electrons. The van der Waals surface area contributed by atoms with Crippen LogP contribution in [0.25, 0.3) is 0 Å². The summed E-state index contributed by atoms with van der Waals surface area (Å²) in [7, 11) is 3.05. The first-order valence-corrected chi connectivity index (χ1v) is 11.0. The zero-order chi connectivity index (χ0) is 24.4. The Morgan fingerprint density at radius 3 is 2.06 bits per heavy atom. The summed E-state index contributed by atoms with van der Waals surface area (Å²) < 4.78 is 29.6. The van der Waals surface area contributed by atoms with Crippen molar-refractivity contribution < 1.29 is 28.2 Å². The molecule has 180 valence electrons. The molecule has 0 saturated heterocycles. The van der Waals surface area contributed by atoms with Crippen molar-refractivity contribution in [2.75, 3.05) is 20.8 Å². The Hall–Kier alpha value is -3.29. The van der Waals surface area contributed by atoms with Crippen molar-refractivity contribution in [3.05, 3.63) is 53.8 Å². The summed E-state index contributed by atoms with van der Waals surface area (Å²) in [4.78, 5) is 27.7. The maximum Gasteiger partial charge on any atom is 0.261 e. The third kappa shape index (κ3) is 7.66. The van der Waals surface area contributed by atoms with Gasteiger partial charge < -0.3 is 24.4 Å². The second-order valence-electron chi connectivity index (χ2n) is 7.73. The van der Waals surface area contributed by atoms with E-state index >= 15 is 0 Å². The van der Waals surface area contributed by atoms with Crippen LogP contribution in [0.2, 0.25) is 0 Å². The van der Waals surface area contributed by atoms with E-state index in [-0.39, 0.29) is 36.8 Å². The van der Waals surface area contributed by atoms with Gasteiger partial charge in [-0.1, -0.05) is 26.0 Å². The Morgan fingerprint density at radius 2 is 1.55 bits per heavy atom. The summed E-state index contributed by atoms with van der Waals surface area (Å²) in [6.45, 7) is 5.60. The van der Waals surface area contributed by atoms with E-state index in [4.69, 9.17) is 14.2 Å². The molecule has 0 bridgehead atoms. The number of hydrogen-bond acceptors (Lipinski definition) is 5. The summed E-state index contributed by atoms with van der Waals surface area (Å²) in [6, 6.07) is 10.1. The van der Waals surface area contributed by atoms with Crippen LogP contribution in [0.4, 0.5) is 4.39 Å². The molecule has 0 aliphatic carbocycles. The van der Waals surface area contributed by atoms with E-state index < -0.39 is 6.04 Å². The molecular formula is C25H33FN2O5. The molecule has 0 aliphatic rings. The van der Waals surface area contributed by atoms with Crippen LogP contribution in [-0.2, 0) is 16.1 Å². The number of ether oxygens (including phenoxy) is 3. The van der Waals surface area contributed by atoms with E-state index in [0.29, 0.717) is 29.2 Å². The maximum absolute atomic E-state index is 13.4. The fourth-order valence-electron chi connectivity index (χ4n) is 3.24. The van der Waals surface area contributed by atoms with Crippen LogP contribution >= 0.6 is 0 Å². The van der Waals surface area contributed by atoms with Gasteiger partial charge in [0.1, 0.15) is 29.1 Å². The molecule has 0 aliphatic heterocycles. The molecule has 2 rings (SSSR count). The predicted molar refractivity (Wildman–Crippen MR) is 124 cm³/mol. The van der Waals surface area contributed by atoms with E-state index in [1.807, 2.05) is 20.8 Å². The average molecular weight is 461 g/mol. The van der Waals surface area contributed by atoms with Crippen LogP contribution in [0.15, 0.2) is 42.5 Å². The third-order valence-electron chi connectivity index (χ3n) is 5.34. The number of halogens is 1. The molecule has 2 aromatic rings. The molecule has 0 spiro atoms. The van der Waals surface area contributed by atoms with Gasteiger partial charge in [0.2, 0.25) is 5.91 Å². The van der Waals surface area contributed by atoms with Crippen molar-refractivity contribution in [2.45, 2.75) is 52.2 Å². The molecular weight excluding hydrogens is 427 g/mol. The van der Waals surface area contributed by atoms with E-state index in [1.165, 1.54) is 31.3 Å². The van der Waals surface area contributed by atoms with Crippen molar-refractivity contribution in [3.8, 4) is 17.2 Å². The minimum Gasteiger partial charge on any atom is -0.496 e. The fraction of sp³-hybridized carbons (Fsp3) is 0.440. The second kappa shape index (κ2) is 12.7. The van der Waals surface area contributed by atoms with Crippen molar-refractivity contribution in [3.63, 3.8) is 0 Å². The highest BCUT2D eigenvalue weighted by Crippen LogP contribution is 2.27. The number of amides is 2. The van der Waals surface area contributed by atoms with Crippen LogP contribution < -0.4 is 19.5 Å². The molecule has 8 heteroatoms. The normalized spacial score (nSPS) is 12.4. The number of carbonyl (C=O) groups excluding carboxylic acids is 2. The van der Waals surface area contributed by atoms with E-state index in [9.17, 15) is 14.0 Å². The number of benzene rings is 2. The van der Waals surface area contributed by atoms with Crippen LogP contribution in [0.3, 0.4) is 0 Å². The summed E-state index contributed by atoms with van der Waals surface area (Å²) in [5.41, 5.74) is 0.711. The summed E-state index contributed by atoms with van der Waals surface area (Å²) in [5, 5.41) is 2.95. The smallest absolute Gasteiger partial charge is 0.261 e. The van der Waals surface area contributed by atoms with Crippen molar-refractivity contribution >= 4 is 11.8 Å². The van der Waals surface area contributed by atoms with Gasteiger partial charge in [0, 0.05) is 30.8 Å². The Morgan fingerprint density at radius 1 is 0.970 bits per heavy atom. The zero-order valence-corrected chi connectivity index (χ0v) is 19.9. The lowest BCUT2D eigenvalue weighted by Crippen LogP contribution is -2.51. The predicted octanol–water partition coefficient (Wildman–Crippen LogP) is 3.94. The Bertz CT molecular complexity index is 897. The number of methoxy groups -OCH3 is 2. The highest BCUT2D eigenvalue weighted by atomic mass is 19.1. The number of hydrogen-bond donors (Lipinski definition) is 1. The number of nitrogens with one attached hydrogen (secondary N) is 1. The molecule has 1 N–H and O–H groups in total. The first-order chi connectivity index (χ1) is 15.8. The van der Waals surface area contributed by atoms with Crippen LogP contribution in [0, 0.1) is 5.82 Å². The molecule has 0 fully saturated rings. The van der Waals surface area contributed by atoms with Crippen molar-refractivity contribution in [1.29, 1.82) is 0 Å². The standard InChI is InChI=1S/C25H33FN2O5/c1-6-17(3)27-25(30)23(7-2)28(15-18-8-10-19(26)11-9-18)24(29)16-33-22-13-20(31-4)12-21(14-22)32-5/h8-14,17,23H,6-7,15-16H2,1-5H3,(H,27,30)/t17-,23+/m1/s1. The van der Waals surface area contributed by atoms with Crippen molar-refractivity contribution in [1.82, 2.24) is 10.2 Å². The van der Waals surface area contributed by atoms with Crippen LogP contribution in [-0.4, -0.2) is 49.6 Å². The number of rotatable bonds is 12. The SMILES string of the molecule is CC[C@@H](C)NC(=O)[C@H](CC)N(Cc1ccc(F)cc1)C(=O)COc1cc(OC)cc(OC)c1. The fourth-order valence-corrected chi connectivity index (χ4v) is 3.24.